The maximum absolute atomic E-state index is 13.4. The molecular formula is C28H32N2O6S. The Kier molecular flexibility index (Phi) is 7.02. The predicted molar refractivity (Wildman–Crippen MR) is 140 cm³/mol. The third-order valence-corrected chi connectivity index (χ3v) is 8.53. The highest BCUT2D eigenvalue weighted by molar-refractivity contribution is 7.89. The number of benzene rings is 2. The second-order valence-electron chi connectivity index (χ2n) is 9.58. The zero-order valence-corrected chi connectivity index (χ0v) is 21.5. The molecule has 9 heteroatoms. The monoisotopic (exact) mass is 524 g/mol. The number of aliphatic hydroxyl groups excluding tert-OH is 1. The van der Waals surface area contributed by atoms with Gasteiger partial charge in [0.15, 0.2) is 11.5 Å². The first-order valence-corrected chi connectivity index (χ1v) is 14.0. The molecule has 3 aromatic rings. The number of pyridine rings is 1. The molecule has 2 aromatic carbocycles. The van der Waals surface area contributed by atoms with Crippen molar-refractivity contribution in [1.29, 1.82) is 0 Å². The summed E-state index contributed by atoms with van der Waals surface area (Å²) in [5, 5.41) is 9.43. The molecule has 2 heterocycles. The second kappa shape index (κ2) is 10.2. The van der Waals surface area contributed by atoms with E-state index in [4.69, 9.17) is 9.47 Å². The fourth-order valence-corrected chi connectivity index (χ4v) is 6.01. The van der Waals surface area contributed by atoms with Gasteiger partial charge in [0, 0.05) is 25.1 Å². The summed E-state index contributed by atoms with van der Waals surface area (Å²) < 4.78 is 38.8. The van der Waals surface area contributed by atoms with Gasteiger partial charge in [-0.1, -0.05) is 37.6 Å². The van der Waals surface area contributed by atoms with Gasteiger partial charge in [-0.2, -0.15) is 0 Å². The first-order valence-electron chi connectivity index (χ1n) is 12.5. The molecule has 5 rings (SSSR count). The summed E-state index contributed by atoms with van der Waals surface area (Å²) in [7, 11) is -3.75. The number of rotatable bonds is 11. The van der Waals surface area contributed by atoms with Gasteiger partial charge in [0.2, 0.25) is 16.8 Å². The number of fused-ring (bicyclic) bond motifs is 1. The summed E-state index contributed by atoms with van der Waals surface area (Å²) >= 11 is 0. The molecule has 1 saturated carbocycles. The number of sulfonamides is 1. The average molecular weight is 525 g/mol. The lowest BCUT2D eigenvalue weighted by atomic mass is 9.88. The van der Waals surface area contributed by atoms with Gasteiger partial charge in [-0.15, -0.1) is 0 Å². The van der Waals surface area contributed by atoms with Crippen LogP contribution < -0.4 is 14.2 Å². The normalized spacial score (nSPS) is 16.4. The number of ether oxygens (including phenoxy) is 2. The lowest BCUT2D eigenvalue weighted by molar-refractivity contribution is -0.120. The van der Waals surface area contributed by atoms with E-state index < -0.39 is 21.5 Å². The van der Waals surface area contributed by atoms with Crippen LogP contribution in [-0.2, 0) is 26.7 Å². The van der Waals surface area contributed by atoms with Crippen LogP contribution >= 0.6 is 0 Å². The second-order valence-corrected chi connectivity index (χ2v) is 11.3. The highest BCUT2D eigenvalue weighted by atomic mass is 32.2. The van der Waals surface area contributed by atoms with Gasteiger partial charge in [0.05, 0.1) is 22.6 Å². The number of carbonyl (C=O) groups excluding carboxylic acids is 1. The van der Waals surface area contributed by atoms with Crippen molar-refractivity contribution in [2.75, 3.05) is 13.4 Å². The molecule has 0 bridgehead atoms. The number of ketones is 1. The van der Waals surface area contributed by atoms with Crippen molar-refractivity contribution >= 4 is 15.8 Å². The van der Waals surface area contributed by atoms with Crippen LogP contribution in [0.5, 0.6) is 11.5 Å². The first-order chi connectivity index (χ1) is 17.8. The van der Waals surface area contributed by atoms with Crippen molar-refractivity contribution in [3.05, 3.63) is 71.9 Å². The number of nitrogens with one attached hydrogen (secondary N) is 1. The Hall–Kier alpha value is -3.27. The molecule has 0 saturated heterocycles. The Labute approximate surface area is 218 Å². The van der Waals surface area contributed by atoms with Crippen molar-refractivity contribution in [1.82, 2.24) is 9.71 Å². The molecule has 0 spiro atoms. The van der Waals surface area contributed by atoms with Gasteiger partial charge in [-0.25, -0.2) is 13.1 Å². The average Bonchev–Trinajstić information content (AvgIpc) is 3.59. The summed E-state index contributed by atoms with van der Waals surface area (Å²) in [5.74, 6) is 1.49. The summed E-state index contributed by atoms with van der Waals surface area (Å²) in [6.45, 7) is 1.88. The molecule has 8 nitrogen and oxygen atoms in total. The van der Waals surface area contributed by atoms with E-state index in [9.17, 15) is 18.3 Å². The van der Waals surface area contributed by atoms with Crippen LogP contribution in [0.25, 0.3) is 11.3 Å². The fraction of sp³-hybridized carbons (Fsp3) is 0.357. The number of Topliss-reactive ketones (excluding diaryl/α,β-unsaturated/α-hetero) is 1. The minimum absolute atomic E-state index is 0. The van der Waals surface area contributed by atoms with Gasteiger partial charge in [0.1, 0.15) is 5.78 Å². The Morgan fingerprint density at radius 3 is 2.57 bits per heavy atom. The molecule has 1 atom stereocenters. The van der Waals surface area contributed by atoms with E-state index in [1.165, 1.54) is 12.1 Å². The number of hydrogen-bond donors (Lipinski definition) is 2. The van der Waals surface area contributed by atoms with Gasteiger partial charge in [0.25, 0.3) is 0 Å². The molecular weight excluding hydrogens is 492 g/mol. The van der Waals surface area contributed by atoms with Gasteiger partial charge in [-0.05, 0) is 61.2 Å². The van der Waals surface area contributed by atoms with Crippen molar-refractivity contribution in [2.45, 2.75) is 55.4 Å². The summed E-state index contributed by atoms with van der Waals surface area (Å²) in [4.78, 5) is 18.2. The minimum atomic E-state index is -3.75. The molecule has 0 amide bonds. The number of carbonyl (C=O) groups is 1. The van der Waals surface area contributed by atoms with Crippen molar-refractivity contribution in [3.8, 4) is 22.8 Å². The molecule has 1 aliphatic heterocycles. The Balaban J connectivity index is 0.00000336. The molecule has 1 aliphatic carbocycles. The van der Waals surface area contributed by atoms with E-state index in [0.717, 1.165) is 30.4 Å². The summed E-state index contributed by atoms with van der Waals surface area (Å²) in [5.41, 5.74) is 2.52. The summed E-state index contributed by atoms with van der Waals surface area (Å²) in [6.07, 6.45) is 3.11. The van der Waals surface area contributed by atoms with E-state index >= 15 is 0 Å². The highest BCUT2D eigenvalue weighted by Crippen LogP contribution is 2.51. The standard InChI is InChI=1S/C28H30N2O6S.H2/c1-2-4-22(17-31)30-37(33,34)23-10-7-19(8-11-23)24-6-3-5-21(29-24)16-27(32)28(13-14-28)20-9-12-25-26(15-20)36-18-35-25;/h3,5-12,15,22,30-31H,2,4,13-14,16-18H2,1H3;1H/t22-;/m1./s1. The van der Waals surface area contributed by atoms with Gasteiger partial charge in [-0.3, -0.25) is 9.78 Å². The molecule has 2 N–H and O–H groups in total. The number of aliphatic hydroxyl groups is 1. The van der Waals surface area contributed by atoms with Crippen LogP contribution in [-0.4, -0.2) is 43.7 Å². The zero-order valence-electron chi connectivity index (χ0n) is 20.6. The quantitative estimate of drug-likeness (QED) is 0.390. The van der Waals surface area contributed by atoms with Crippen molar-refractivity contribution in [2.24, 2.45) is 0 Å². The maximum Gasteiger partial charge on any atom is 0.240 e. The number of hydrogen-bond acceptors (Lipinski definition) is 7. The molecule has 0 radical (unpaired) electrons. The van der Waals surface area contributed by atoms with Crippen LogP contribution in [0.3, 0.4) is 0 Å². The lowest BCUT2D eigenvalue weighted by Gasteiger charge is -2.16. The molecule has 1 aromatic heterocycles. The van der Waals surface area contributed by atoms with Crippen LogP contribution in [0.1, 0.15) is 45.3 Å². The number of nitrogens with zero attached hydrogens (tertiary/aromatic N) is 1. The van der Waals surface area contributed by atoms with Crippen LogP contribution in [0.15, 0.2) is 65.6 Å². The number of aromatic nitrogens is 1. The Morgan fingerprint density at radius 1 is 1.11 bits per heavy atom. The van der Waals surface area contributed by atoms with Crippen LogP contribution in [0.4, 0.5) is 0 Å². The maximum atomic E-state index is 13.4. The smallest absolute Gasteiger partial charge is 0.240 e. The molecule has 2 aliphatic rings. The zero-order chi connectivity index (χ0) is 26.0. The molecule has 37 heavy (non-hydrogen) atoms. The Bertz CT molecular complexity index is 1410. The van der Waals surface area contributed by atoms with Crippen LogP contribution in [0, 0.1) is 0 Å². The minimum Gasteiger partial charge on any atom is -0.454 e. The fourth-order valence-electron chi connectivity index (χ4n) is 4.75. The summed E-state index contributed by atoms with van der Waals surface area (Å²) in [6, 6.07) is 17.2. The highest BCUT2D eigenvalue weighted by Gasteiger charge is 2.51. The van der Waals surface area contributed by atoms with E-state index in [2.05, 4.69) is 9.71 Å². The first kappa shape index (κ1) is 25.4. The van der Waals surface area contributed by atoms with Crippen molar-refractivity contribution < 1.29 is 29.2 Å². The SMILES string of the molecule is CCC[C@H](CO)NS(=O)(=O)c1ccc(-c2cccc(CC(=O)C3(c4ccc5c(c4)OCO5)CC3)n2)cc1.[HH]. The predicted octanol–water partition coefficient (Wildman–Crippen LogP) is 4.01. The lowest BCUT2D eigenvalue weighted by Crippen LogP contribution is -2.37. The Morgan fingerprint density at radius 2 is 1.86 bits per heavy atom. The van der Waals surface area contributed by atoms with Crippen molar-refractivity contribution in [3.63, 3.8) is 0 Å². The van der Waals surface area contributed by atoms with E-state index in [1.807, 2.05) is 43.3 Å². The van der Waals surface area contributed by atoms with E-state index in [-0.39, 0.29) is 31.9 Å². The largest absolute Gasteiger partial charge is 0.454 e. The third kappa shape index (κ3) is 5.25. The topological polar surface area (TPSA) is 115 Å². The molecule has 196 valence electrons. The van der Waals surface area contributed by atoms with E-state index in [0.29, 0.717) is 29.3 Å². The molecule has 0 unspecified atom stereocenters. The van der Waals surface area contributed by atoms with Crippen LogP contribution in [0.2, 0.25) is 0 Å². The van der Waals surface area contributed by atoms with Gasteiger partial charge >= 0.3 is 0 Å². The van der Waals surface area contributed by atoms with Gasteiger partial charge < -0.3 is 14.6 Å². The third-order valence-electron chi connectivity index (χ3n) is 7.00. The molecule has 1 fully saturated rings. The van der Waals surface area contributed by atoms with E-state index in [1.54, 1.807) is 12.1 Å².